The maximum Gasteiger partial charge on any atom is 0.119 e. The first kappa shape index (κ1) is 17.0. The van der Waals surface area contributed by atoms with Crippen molar-refractivity contribution < 1.29 is 4.74 Å². The number of thiazole rings is 1. The largest absolute Gasteiger partial charge is 0.494 e. The van der Waals surface area contributed by atoms with Crippen molar-refractivity contribution in [1.82, 2.24) is 10.3 Å². The highest BCUT2D eigenvalue weighted by atomic mass is 32.1. The number of hydrogen-bond donors (Lipinski definition) is 1. The van der Waals surface area contributed by atoms with E-state index in [9.17, 15) is 0 Å². The van der Waals surface area contributed by atoms with Gasteiger partial charge in [-0.1, -0.05) is 13.8 Å². The Bertz CT molecular complexity index is 563. The van der Waals surface area contributed by atoms with Crippen LogP contribution >= 0.6 is 11.3 Å². The Morgan fingerprint density at radius 2 is 1.86 bits per heavy atom. The minimum Gasteiger partial charge on any atom is -0.494 e. The summed E-state index contributed by atoms with van der Waals surface area (Å²) in [7, 11) is 0. The first-order valence-electron chi connectivity index (χ1n) is 8.14. The van der Waals surface area contributed by atoms with Crippen molar-refractivity contribution in [3.63, 3.8) is 0 Å². The van der Waals surface area contributed by atoms with Gasteiger partial charge < -0.3 is 10.1 Å². The number of ether oxygens (including phenoxy) is 1. The van der Waals surface area contributed by atoms with Crippen molar-refractivity contribution in [3.8, 4) is 17.0 Å². The highest BCUT2D eigenvalue weighted by molar-refractivity contribution is 7.12. The molecule has 0 fully saturated rings. The molecule has 0 unspecified atom stereocenters. The molecule has 4 heteroatoms. The van der Waals surface area contributed by atoms with E-state index in [0.717, 1.165) is 44.0 Å². The summed E-state index contributed by atoms with van der Waals surface area (Å²) in [6.07, 6.45) is 3.21. The maximum atomic E-state index is 5.63. The van der Waals surface area contributed by atoms with E-state index in [2.05, 4.69) is 38.2 Å². The second-order valence-electron chi connectivity index (χ2n) is 5.39. The maximum absolute atomic E-state index is 5.63. The highest BCUT2D eigenvalue weighted by Crippen LogP contribution is 2.29. The van der Waals surface area contributed by atoms with E-state index in [1.54, 1.807) is 11.3 Å². The minimum absolute atomic E-state index is 0.768. The van der Waals surface area contributed by atoms with Crippen molar-refractivity contribution in [2.24, 2.45) is 0 Å². The van der Waals surface area contributed by atoms with Gasteiger partial charge in [-0.05, 0) is 50.6 Å². The van der Waals surface area contributed by atoms with Gasteiger partial charge in [-0.2, -0.15) is 0 Å². The van der Waals surface area contributed by atoms with Gasteiger partial charge in [0.25, 0.3) is 0 Å². The number of aryl methyl sites for hydroxylation is 1. The lowest BCUT2D eigenvalue weighted by Crippen LogP contribution is -2.17. The van der Waals surface area contributed by atoms with Gasteiger partial charge >= 0.3 is 0 Å². The van der Waals surface area contributed by atoms with Crippen LogP contribution in [0.1, 0.15) is 36.6 Å². The number of hydrogen-bond acceptors (Lipinski definition) is 4. The lowest BCUT2D eigenvalue weighted by atomic mass is 10.1. The monoisotopic (exact) mass is 318 g/mol. The van der Waals surface area contributed by atoms with Gasteiger partial charge in [-0.15, -0.1) is 11.3 Å². The molecule has 0 aliphatic rings. The van der Waals surface area contributed by atoms with Crippen LogP contribution in [0.15, 0.2) is 24.3 Å². The first-order chi connectivity index (χ1) is 10.7. The summed E-state index contributed by atoms with van der Waals surface area (Å²) >= 11 is 1.80. The molecule has 0 radical (unpaired) electrons. The first-order valence-corrected chi connectivity index (χ1v) is 8.96. The van der Waals surface area contributed by atoms with Crippen LogP contribution in [-0.4, -0.2) is 24.7 Å². The number of nitrogens with zero attached hydrogens (tertiary/aromatic N) is 1. The molecule has 1 aromatic heterocycles. The quantitative estimate of drug-likeness (QED) is 0.694. The van der Waals surface area contributed by atoms with Crippen molar-refractivity contribution in [1.29, 1.82) is 0 Å². The van der Waals surface area contributed by atoms with Crippen LogP contribution in [0.5, 0.6) is 5.75 Å². The van der Waals surface area contributed by atoms with E-state index in [-0.39, 0.29) is 0 Å². The Morgan fingerprint density at radius 3 is 2.55 bits per heavy atom. The van der Waals surface area contributed by atoms with Gasteiger partial charge in [0, 0.05) is 23.4 Å². The molecule has 0 aliphatic heterocycles. The molecule has 0 amide bonds. The molecule has 0 aliphatic carbocycles. The second-order valence-corrected chi connectivity index (χ2v) is 6.67. The molecule has 0 bridgehead atoms. The second kappa shape index (κ2) is 8.91. The third-order valence-corrected chi connectivity index (χ3v) is 4.41. The van der Waals surface area contributed by atoms with E-state index in [1.165, 1.54) is 21.9 Å². The predicted octanol–water partition coefficient (Wildman–Crippen LogP) is 4.45. The average Bonchev–Trinajstić information content (AvgIpc) is 2.91. The molecular weight excluding hydrogens is 292 g/mol. The summed E-state index contributed by atoms with van der Waals surface area (Å²) in [6.45, 7) is 9.30. The van der Waals surface area contributed by atoms with Crippen LogP contribution in [0.3, 0.4) is 0 Å². The summed E-state index contributed by atoms with van der Waals surface area (Å²) in [5.74, 6) is 0.933. The average molecular weight is 318 g/mol. The third kappa shape index (κ3) is 4.82. The van der Waals surface area contributed by atoms with Crippen molar-refractivity contribution in [3.05, 3.63) is 34.2 Å². The van der Waals surface area contributed by atoms with E-state index >= 15 is 0 Å². The number of aromatic nitrogens is 1. The van der Waals surface area contributed by atoms with Crippen LogP contribution in [-0.2, 0) is 6.42 Å². The molecule has 1 aromatic carbocycles. The molecule has 0 saturated heterocycles. The van der Waals surface area contributed by atoms with E-state index < -0.39 is 0 Å². The Labute approximate surface area is 137 Å². The fourth-order valence-corrected chi connectivity index (χ4v) is 3.21. The Kier molecular flexibility index (Phi) is 6.87. The van der Waals surface area contributed by atoms with Crippen LogP contribution < -0.4 is 10.1 Å². The normalized spacial score (nSPS) is 10.9. The molecule has 2 rings (SSSR count). The van der Waals surface area contributed by atoms with Crippen LogP contribution in [0.25, 0.3) is 11.3 Å². The van der Waals surface area contributed by atoms with E-state index in [1.807, 2.05) is 12.1 Å². The molecule has 22 heavy (non-hydrogen) atoms. The molecular formula is C18H26N2OS. The van der Waals surface area contributed by atoms with Crippen molar-refractivity contribution in [2.45, 2.75) is 40.0 Å². The van der Waals surface area contributed by atoms with E-state index in [0.29, 0.717) is 0 Å². The summed E-state index contributed by atoms with van der Waals surface area (Å²) in [6, 6.07) is 8.27. The molecule has 0 spiro atoms. The Balaban J connectivity index is 2.00. The fraction of sp³-hybridized carbons (Fsp3) is 0.500. The summed E-state index contributed by atoms with van der Waals surface area (Å²) in [4.78, 5) is 6.09. The zero-order chi connectivity index (χ0) is 15.8. The van der Waals surface area contributed by atoms with Gasteiger partial charge in [-0.25, -0.2) is 4.98 Å². The number of rotatable bonds is 9. The van der Waals surface area contributed by atoms with Crippen molar-refractivity contribution in [2.75, 3.05) is 19.7 Å². The smallest absolute Gasteiger partial charge is 0.119 e. The Hall–Kier alpha value is -1.39. The van der Waals surface area contributed by atoms with Gasteiger partial charge in [0.15, 0.2) is 0 Å². The van der Waals surface area contributed by atoms with Gasteiger partial charge in [0.1, 0.15) is 5.75 Å². The number of nitrogens with one attached hydrogen (secondary N) is 1. The van der Waals surface area contributed by atoms with Gasteiger partial charge in [0.05, 0.1) is 17.3 Å². The Morgan fingerprint density at radius 1 is 1.09 bits per heavy atom. The van der Waals surface area contributed by atoms with E-state index in [4.69, 9.17) is 9.72 Å². The highest BCUT2D eigenvalue weighted by Gasteiger charge is 2.09. The SMILES string of the molecule is CCCNCCc1nc(-c2ccc(OCCC)cc2)c(C)s1. The summed E-state index contributed by atoms with van der Waals surface area (Å²) in [5, 5.41) is 4.64. The standard InChI is InChI=1S/C18H26N2OS/c1-4-11-19-12-10-17-20-18(14(3)22-17)15-6-8-16(9-7-15)21-13-5-2/h6-9,19H,4-5,10-13H2,1-3H3. The van der Waals surface area contributed by atoms with Gasteiger partial charge in [0.2, 0.25) is 0 Å². The molecule has 120 valence electrons. The summed E-state index contributed by atoms with van der Waals surface area (Å²) < 4.78 is 5.63. The van der Waals surface area contributed by atoms with Gasteiger partial charge in [-0.3, -0.25) is 0 Å². The minimum atomic E-state index is 0.768. The molecule has 0 saturated carbocycles. The summed E-state index contributed by atoms with van der Waals surface area (Å²) in [5.41, 5.74) is 2.28. The van der Waals surface area contributed by atoms with Crippen molar-refractivity contribution >= 4 is 11.3 Å². The van der Waals surface area contributed by atoms with Crippen LogP contribution in [0.4, 0.5) is 0 Å². The predicted molar refractivity (Wildman–Crippen MR) is 94.9 cm³/mol. The zero-order valence-electron chi connectivity index (χ0n) is 13.8. The van der Waals surface area contributed by atoms with Crippen LogP contribution in [0.2, 0.25) is 0 Å². The topological polar surface area (TPSA) is 34.2 Å². The molecule has 1 heterocycles. The lowest BCUT2D eigenvalue weighted by molar-refractivity contribution is 0.317. The fourth-order valence-electron chi connectivity index (χ4n) is 2.25. The molecule has 0 atom stereocenters. The zero-order valence-corrected chi connectivity index (χ0v) is 14.6. The molecule has 3 nitrogen and oxygen atoms in total. The van der Waals surface area contributed by atoms with Crippen LogP contribution in [0, 0.1) is 6.92 Å². The number of benzene rings is 1. The molecule has 1 N–H and O–H groups in total. The third-order valence-electron chi connectivity index (χ3n) is 3.38. The lowest BCUT2D eigenvalue weighted by Gasteiger charge is -2.05. The molecule has 2 aromatic rings.